The van der Waals surface area contributed by atoms with Gasteiger partial charge in [-0.25, -0.2) is 4.98 Å². The number of hydrogen-bond donors (Lipinski definition) is 0. The third kappa shape index (κ3) is 4.09. The topological polar surface area (TPSA) is 43.1 Å². The third-order valence-corrected chi connectivity index (χ3v) is 11.7. The molecule has 12 rings (SSSR count). The highest BCUT2D eigenvalue weighted by molar-refractivity contribution is 6.10. The van der Waals surface area contributed by atoms with Crippen LogP contribution in [0.4, 0.5) is 0 Å². The highest BCUT2D eigenvalue weighted by atomic mass is 14.9. The van der Waals surface area contributed by atoms with Crippen LogP contribution in [0, 0.1) is 11.8 Å². The molecule has 0 spiro atoms. The van der Waals surface area contributed by atoms with Crippen molar-refractivity contribution in [3.63, 3.8) is 0 Å². The molecule has 8 aromatic rings. The average Bonchev–Trinajstić information content (AvgIpc) is 3.62. The van der Waals surface area contributed by atoms with E-state index in [1.165, 1.54) is 55.5 Å². The molecular formula is C49H30N4. The number of nitrogens with zero attached hydrogens (tertiary/aromatic N) is 4. The van der Waals surface area contributed by atoms with Gasteiger partial charge < -0.3 is 4.40 Å². The van der Waals surface area contributed by atoms with Crippen molar-refractivity contribution in [1.29, 1.82) is 0 Å². The number of allylic oxidation sites excluding steroid dienone is 14. The predicted molar refractivity (Wildman–Crippen MR) is 217 cm³/mol. The summed E-state index contributed by atoms with van der Waals surface area (Å²) in [4.78, 5) is 14.7. The fraction of sp³-hybridized carbons (Fsp3) is 0.0408. The molecule has 0 fully saturated rings. The van der Waals surface area contributed by atoms with Crippen LogP contribution >= 0.6 is 0 Å². The zero-order valence-corrected chi connectivity index (χ0v) is 28.6. The summed E-state index contributed by atoms with van der Waals surface area (Å²) in [6.45, 7) is 0. The summed E-state index contributed by atoms with van der Waals surface area (Å²) in [7, 11) is 0. The van der Waals surface area contributed by atoms with Crippen LogP contribution in [0.3, 0.4) is 0 Å². The second-order valence-electron chi connectivity index (χ2n) is 14.4. The Bertz CT molecular complexity index is 3160. The van der Waals surface area contributed by atoms with Crippen molar-refractivity contribution in [2.24, 2.45) is 11.8 Å². The van der Waals surface area contributed by atoms with Crippen LogP contribution in [0.25, 0.3) is 71.7 Å². The SMILES string of the molecule is C1=CC2=C(c3ccc(-c4nc5ccccc5n5c4cc4ccccc45)cc3)C=CC3=CC=C4C(c5cc6cccnc6c6ncccc56)=CC=C1C4C32. The maximum Gasteiger partial charge on any atom is 0.0970 e. The third-order valence-electron chi connectivity index (χ3n) is 11.7. The molecule has 2 unspecified atom stereocenters. The van der Waals surface area contributed by atoms with Crippen LogP contribution in [0.2, 0.25) is 0 Å². The smallest absolute Gasteiger partial charge is 0.0970 e. The van der Waals surface area contributed by atoms with Gasteiger partial charge in [-0.05, 0) is 87.0 Å². The number of benzene rings is 4. The van der Waals surface area contributed by atoms with Crippen molar-refractivity contribution in [2.45, 2.75) is 0 Å². The molecule has 0 radical (unpaired) electrons. The molecule has 4 aromatic carbocycles. The number of fused-ring (bicyclic) bond motifs is 8. The van der Waals surface area contributed by atoms with E-state index >= 15 is 0 Å². The molecule has 4 aliphatic rings. The molecule has 4 aliphatic carbocycles. The Morgan fingerprint density at radius 2 is 1.26 bits per heavy atom. The Hall–Kier alpha value is -6.91. The molecule has 4 aromatic heterocycles. The number of rotatable bonds is 3. The Balaban J connectivity index is 0.963. The molecule has 4 nitrogen and oxygen atoms in total. The number of para-hydroxylation sites is 3. The summed E-state index contributed by atoms with van der Waals surface area (Å²) in [5, 5.41) is 3.46. The van der Waals surface area contributed by atoms with Crippen LogP contribution in [-0.2, 0) is 0 Å². The highest BCUT2D eigenvalue weighted by Gasteiger charge is 2.40. The largest absolute Gasteiger partial charge is 0.306 e. The summed E-state index contributed by atoms with van der Waals surface area (Å²) in [6.07, 6.45) is 22.4. The maximum atomic E-state index is 5.22. The summed E-state index contributed by atoms with van der Waals surface area (Å²) >= 11 is 0. The van der Waals surface area contributed by atoms with Gasteiger partial charge in [0.2, 0.25) is 0 Å². The van der Waals surface area contributed by atoms with Gasteiger partial charge in [-0.15, -0.1) is 0 Å². The lowest BCUT2D eigenvalue weighted by atomic mass is 9.61. The first kappa shape index (κ1) is 28.8. The molecule has 4 heterocycles. The Labute approximate surface area is 305 Å². The molecule has 2 atom stereocenters. The first-order valence-corrected chi connectivity index (χ1v) is 18.3. The first-order chi connectivity index (χ1) is 26.3. The zero-order chi connectivity index (χ0) is 34.6. The maximum absolute atomic E-state index is 5.22. The van der Waals surface area contributed by atoms with E-state index in [4.69, 9.17) is 15.0 Å². The fourth-order valence-corrected chi connectivity index (χ4v) is 9.32. The van der Waals surface area contributed by atoms with Gasteiger partial charge in [0.05, 0.1) is 38.8 Å². The minimum absolute atomic E-state index is 0.240. The van der Waals surface area contributed by atoms with E-state index in [-0.39, 0.29) is 11.8 Å². The Kier molecular flexibility index (Phi) is 5.86. The fourth-order valence-electron chi connectivity index (χ4n) is 9.32. The van der Waals surface area contributed by atoms with Gasteiger partial charge in [0.1, 0.15) is 0 Å². The molecule has 0 saturated carbocycles. The van der Waals surface area contributed by atoms with Gasteiger partial charge in [-0.2, -0.15) is 0 Å². The molecule has 4 heteroatoms. The first-order valence-electron chi connectivity index (χ1n) is 18.3. The highest BCUT2D eigenvalue weighted by Crippen LogP contribution is 2.54. The minimum atomic E-state index is 0.240. The molecule has 0 N–H and O–H groups in total. The van der Waals surface area contributed by atoms with Crippen molar-refractivity contribution < 1.29 is 0 Å². The Morgan fingerprint density at radius 1 is 0.528 bits per heavy atom. The minimum Gasteiger partial charge on any atom is -0.306 e. The van der Waals surface area contributed by atoms with Crippen LogP contribution < -0.4 is 0 Å². The predicted octanol–water partition coefficient (Wildman–Crippen LogP) is 11.4. The normalized spacial score (nSPS) is 18.8. The molecule has 0 amide bonds. The van der Waals surface area contributed by atoms with Crippen molar-refractivity contribution in [2.75, 3.05) is 0 Å². The standard InChI is InChI=1S/C49H30N4/c1-3-11-42-33(7-1)28-44-47(52-41-10-2-4-12-43(41)53(42)44)32-15-13-29(14-16-32)35-21-17-30-20-24-38-36(22-18-31-19-23-37(35)45(30)46(31)38)40-27-34-8-5-25-50-48(34)49-39(40)9-6-26-51-49/h1-28,45-46H. The molecule has 246 valence electrons. The quantitative estimate of drug-likeness (QED) is 0.175. The van der Waals surface area contributed by atoms with Crippen LogP contribution in [0.15, 0.2) is 192 Å². The second-order valence-corrected chi connectivity index (χ2v) is 14.4. The number of pyridine rings is 2. The summed E-state index contributed by atoms with van der Waals surface area (Å²) in [5.41, 5.74) is 18.9. The second kappa shape index (κ2) is 10.8. The molecular weight excluding hydrogens is 645 g/mol. The van der Waals surface area contributed by atoms with E-state index in [9.17, 15) is 0 Å². The van der Waals surface area contributed by atoms with E-state index in [0.717, 1.165) is 49.6 Å². The lowest BCUT2D eigenvalue weighted by Gasteiger charge is -2.42. The van der Waals surface area contributed by atoms with Gasteiger partial charge in [-0.3, -0.25) is 9.97 Å². The zero-order valence-electron chi connectivity index (χ0n) is 28.6. The lowest BCUT2D eigenvalue weighted by Crippen LogP contribution is -2.30. The summed E-state index contributed by atoms with van der Waals surface area (Å²) < 4.78 is 2.36. The van der Waals surface area contributed by atoms with E-state index in [1.54, 1.807) is 0 Å². The van der Waals surface area contributed by atoms with E-state index in [0.29, 0.717) is 0 Å². The Morgan fingerprint density at radius 3 is 2.19 bits per heavy atom. The van der Waals surface area contributed by atoms with Crippen molar-refractivity contribution >= 4 is 60.4 Å². The lowest BCUT2D eigenvalue weighted by molar-refractivity contribution is 0.569. The molecule has 0 aliphatic heterocycles. The van der Waals surface area contributed by atoms with Gasteiger partial charge in [0, 0.05) is 46.0 Å². The van der Waals surface area contributed by atoms with E-state index in [2.05, 4.69) is 150 Å². The van der Waals surface area contributed by atoms with Crippen molar-refractivity contribution in [3.8, 4) is 11.3 Å². The number of hydrogen-bond acceptors (Lipinski definition) is 3. The monoisotopic (exact) mass is 674 g/mol. The van der Waals surface area contributed by atoms with Gasteiger partial charge >= 0.3 is 0 Å². The van der Waals surface area contributed by atoms with Gasteiger partial charge in [0.25, 0.3) is 0 Å². The molecule has 53 heavy (non-hydrogen) atoms. The van der Waals surface area contributed by atoms with Crippen molar-refractivity contribution in [1.82, 2.24) is 19.4 Å². The van der Waals surface area contributed by atoms with Crippen molar-refractivity contribution in [3.05, 3.63) is 204 Å². The average molecular weight is 675 g/mol. The van der Waals surface area contributed by atoms with Crippen LogP contribution in [0.5, 0.6) is 0 Å². The van der Waals surface area contributed by atoms with Gasteiger partial charge in [0.15, 0.2) is 0 Å². The number of aromatic nitrogens is 4. The summed E-state index contributed by atoms with van der Waals surface area (Å²) in [5.74, 6) is 0.486. The van der Waals surface area contributed by atoms with Gasteiger partial charge in [-0.1, -0.05) is 115 Å². The summed E-state index contributed by atoms with van der Waals surface area (Å²) in [6, 6.07) is 39.0. The molecule has 0 bridgehead atoms. The van der Waals surface area contributed by atoms with Crippen LogP contribution in [-0.4, -0.2) is 19.4 Å². The van der Waals surface area contributed by atoms with E-state index < -0.39 is 0 Å². The van der Waals surface area contributed by atoms with E-state index in [1.807, 2.05) is 24.5 Å². The van der Waals surface area contributed by atoms with Crippen LogP contribution in [0.1, 0.15) is 11.1 Å². The molecule has 0 saturated heterocycles.